The standard InChI is InChI=1S/C17H22O3/c1-16(2)14-12(18)7-10-5-3-4-6-11(10)8-17(14)9-13(19)15(16)20-17/h14-15H,3-9H2,1-2H3/t14-,15+,17-/m1/s1. The summed E-state index contributed by atoms with van der Waals surface area (Å²) in [6, 6.07) is 0. The first-order valence-electron chi connectivity index (χ1n) is 7.87. The molecule has 2 aliphatic carbocycles. The molecule has 0 N–H and O–H groups in total. The van der Waals surface area contributed by atoms with Crippen LogP contribution in [0.5, 0.6) is 0 Å². The van der Waals surface area contributed by atoms with Gasteiger partial charge in [-0.15, -0.1) is 0 Å². The first-order chi connectivity index (χ1) is 9.44. The van der Waals surface area contributed by atoms with Gasteiger partial charge in [-0.05, 0) is 32.1 Å². The Morgan fingerprint density at radius 1 is 1.00 bits per heavy atom. The molecule has 0 aromatic rings. The van der Waals surface area contributed by atoms with E-state index in [-0.39, 0.29) is 23.2 Å². The molecule has 2 heterocycles. The number of allylic oxidation sites excluding steroid dienone is 1. The van der Waals surface area contributed by atoms with Crippen LogP contribution >= 0.6 is 0 Å². The van der Waals surface area contributed by atoms with E-state index in [1.807, 2.05) is 13.8 Å². The summed E-state index contributed by atoms with van der Waals surface area (Å²) in [7, 11) is 0. The molecule has 3 atom stereocenters. The lowest BCUT2D eigenvalue weighted by atomic mass is 9.60. The maximum Gasteiger partial charge on any atom is 0.165 e. The largest absolute Gasteiger partial charge is 0.362 e. The van der Waals surface area contributed by atoms with Crippen LogP contribution in [0.25, 0.3) is 0 Å². The first kappa shape index (κ1) is 12.8. The van der Waals surface area contributed by atoms with E-state index in [1.165, 1.54) is 24.0 Å². The number of carbonyl (C=O) groups is 2. The van der Waals surface area contributed by atoms with E-state index >= 15 is 0 Å². The van der Waals surface area contributed by atoms with E-state index in [0.717, 1.165) is 19.3 Å². The summed E-state index contributed by atoms with van der Waals surface area (Å²) in [5, 5.41) is 0. The molecule has 0 unspecified atom stereocenters. The van der Waals surface area contributed by atoms with Crippen LogP contribution in [0.4, 0.5) is 0 Å². The molecule has 2 bridgehead atoms. The average Bonchev–Trinajstić information content (AvgIpc) is 2.74. The molecule has 0 radical (unpaired) electrons. The van der Waals surface area contributed by atoms with Crippen molar-refractivity contribution in [1.82, 2.24) is 0 Å². The summed E-state index contributed by atoms with van der Waals surface area (Å²) in [4.78, 5) is 25.1. The molecule has 2 fully saturated rings. The van der Waals surface area contributed by atoms with Crippen molar-refractivity contribution in [3.63, 3.8) is 0 Å². The average molecular weight is 274 g/mol. The molecule has 0 saturated carbocycles. The highest BCUT2D eigenvalue weighted by Crippen LogP contribution is 2.61. The summed E-state index contributed by atoms with van der Waals surface area (Å²) in [5.74, 6) is 0.430. The minimum Gasteiger partial charge on any atom is -0.362 e. The highest BCUT2D eigenvalue weighted by atomic mass is 16.5. The Morgan fingerprint density at radius 3 is 2.45 bits per heavy atom. The van der Waals surface area contributed by atoms with Crippen LogP contribution in [0, 0.1) is 11.3 Å². The van der Waals surface area contributed by atoms with E-state index < -0.39 is 5.60 Å². The summed E-state index contributed by atoms with van der Waals surface area (Å²) >= 11 is 0. The normalized spacial score (nSPS) is 42.5. The highest BCUT2D eigenvalue weighted by molar-refractivity contribution is 5.95. The highest BCUT2D eigenvalue weighted by Gasteiger charge is 2.69. The predicted octanol–water partition coefficient (Wildman–Crippen LogP) is 2.97. The van der Waals surface area contributed by atoms with Crippen molar-refractivity contribution in [3.05, 3.63) is 11.1 Å². The maximum atomic E-state index is 12.8. The number of ketones is 2. The number of fused-ring (bicyclic) bond motifs is 1. The van der Waals surface area contributed by atoms with E-state index in [0.29, 0.717) is 18.6 Å². The van der Waals surface area contributed by atoms with E-state index in [4.69, 9.17) is 4.74 Å². The van der Waals surface area contributed by atoms with Crippen LogP contribution < -0.4 is 0 Å². The summed E-state index contributed by atoms with van der Waals surface area (Å²) in [6.45, 7) is 4.09. The Balaban J connectivity index is 1.82. The Hall–Kier alpha value is -0.960. The summed E-state index contributed by atoms with van der Waals surface area (Å²) in [6.07, 6.45) is 6.11. The van der Waals surface area contributed by atoms with Crippen LogP contribution in [0.2, 0.25) is 0 Å². The van der Waals surface area contributed by atoms with Crippen molar-refractivity contribution >= 4 is 11.6 Å². The van der Waals surface area contributed by atoms with Gasteiger partial charge >= 0.3 is 0 Å². The third-order valence-electron chi connectivity index (χ3n) is 5.99. The number of carbonyl (C=O) groups excluding carboxylic acids is 2. The van der Waals surface area contributed by atoms with Gasteiger partial charge in [0.25, 0.3) is 0 Å². The number of hydrogen-bond donors (Lipinski definition) is 0. The molecule has 0 aromatic heterocycles. The van der Waals surface area contributed by atoms with Crippen LogP contribution in [0.15, 0.2) is 11.1 Å². The molecule has 4 rings (SSSR count). The molecule has 108 valence electrons. The molecule has 2 aliphatic heterocycles. The quantitative estimate of drug-likeness (QED) is 0.638. The van der Waals surface area contributed by atoms with Crippen molar-refractivity contribution in [2.75, 3.05) is 0 Å². The van der Waals surface area contributed by atoms with Gasteiger partial charge in [-0.1, -0.05) is 25.0 Å². The minimum atomic E-state index is -0.503. The van der Waals surface area contributed by atoms with Gasteiger partial charge < -0.3 is 4.74 Å². The van der Waals surface area contributed by atoms with Crippen LogP contribution in [0.3, 0.4) is 0 Å². The van der Waals surface area contributed by atoms with Crippen molar-refractivity contribution in [2.24, 2.45) is 11.3 Å². The molecule has 4 aliphatic rings. The number of hydrogen-bond acceptors (Lipinski definition) is 3. The molecule has 20 heavy (non-hydrogen) atoms. The second-order valence-electron chi connectivity index (χ2n) is 7.69. The van der Waals surface area contributed by atoms with Crippen LogP contribution in [-0.2, 0) is 14.3 Å². The molecule has 0 amide bonds. The number of rotatable bonds is 0. The van der Waals surface area contributed by atoms with Crippen molar-refractivity contribution in [1.29, 1.82) is 0 Å². The molecule has 3 nitrogen and oxygen atoms in total. The van der Waals surface area contributed by atoms with E-state index in [2.05, 4.69) is 0 Å². The van der Waals surface area contributed by atoms with E-state index in [1.54, 1.807) is 0 Å². The fourth-order valence-electron chi connectivity index (χ4n) is 5.34. The Kier molecular flexibility index (Phi) is 2.44. The van der Waals surface area contributed by atoms with E-state index in [9.17, 15) is 9.59 Å². The Labute approximate surface area is 119 Å². The SMILES string of the molecule is CC1(C)[C@H]2C(=O)CC3=C(CCCC3)C[C@@]23CC(=O)[C@@H]1O3. The zero-order valence-corrected chi connectivity index (χ0v) is 12.3. The third kappa shape index (κ3) is 1.45. The molecule has 3 heteroatoms. The van der Waals surface area contributed by atoms with Gasteiger partial charge in [-0.25, -0.2) is 0 Å². The summed E-state index contributed by atoms with van der Waals surface area (Å²) < 4.78 is 6.19. The topological polar surface area (TPSA) is 43.4 Å². The van der Waals surface area contributed by atoms with Gasteiger partial charge in [-0.2, -0.15) is 0 Å². The second-order valence-corrected chi connectivity index (χ2v) is 7.69. The zero-order valence-electron chi connectivity index (χ0n) is 12.3. The third-order valence-corrected chi connectivity index (χ3v) is 5.99. The number of Topliss-reactive ketones (excluding diaryl/α,β-unsaturated/α-hetero) is 2. The Bertz CT molecular complexity index is 542. The Morgan fingerprint density at radius 2 is 1.70 bits per heavy atom. The summed E-state index contributed by atoms with van der Waals surface area (Å²) in [5.41, 5.74) is 1.95. The minimum absolute atomic E-state index is 0.0942. The first-order valence-corrected chi connectivity index (χ1v) is 7.87. The second kappa shape index (κ2) is 3.82. The lowest BCUT2D eigenvalue weighted by molar-refractivity contribution is -0.132. The maximum absolute atomic E-state index is 12.8. The van der Waals surface area contributed by atoms with Gasteiger partial charge in [0.1, 0.15) is 11.9 Å². The smallest absolute Gasteiger partial charge is 0.165 e. The monoisotopic (exact) mass is 274 g/mol. The van der Waals surface area contributed by atoms with Gasteiger partial charge in [0.15, 0.2) is 5.78 Å². The molecular formula is C17H22O3. The zero-order chi connectivity index (χ0) is 14.1. The molecule has 0 aromatic carbocycles. The van der Waals surface area contributed by atoms with Gasteiger partial charge in [0, 0.05) is 18.3 Å². The van der Waals surface area contributed by atoms with Crippen LogP contribution in [0.1, 0.15) is 58.8 Å². The van der Waals surface area contributed by atoms with Gasteiger partial charge in [-0.3, -0.25) is 9.59 Å². The fraction of sp³-hybridized carbons (Fsp3) is 0.765. The lowest BCUT2D eigenvalue weighted by Gasteiger charge is -2.38. The molecule has 1 spiro atoms. The molecular weight excluding hydrogens is 252 g/mol. The van der Waals surface area contributed by atoms with Crippen molar-refractivity contribution < 1.29 is 14.3 Å². The van der Waals surface area contributed by atoms with Gasteiger partial charge in [0.05, 0.1) is 11.5 Å². The van der Waals surface area contributed by atoms with Crippen molar-refractivity contribution in [3.8, 4) is 0 Å². The van der Waals surface area contributed by atoms with Gasteiger partial charge in [0.2, 0.25) is 0 Å². The number of ether oxygens (including phenoxy) is 1. The predicted molar refractivity (Wildman–Crippen MR) is 74.2 cm³/mol. The van der Waals surface area contributed by atoms with Crippen molar-refractivity contribution in [2.45, 2.75) is 70.5 Å². The fourth-order valence-corrected chi connectivity index (χ4v) is 5.34. The molecule has 2 saturated heterocycles. The lowest BCUT2D eigenvalue weighted by Crippen LogP contribution is -2.49. The van der Waals surface area contributed by atoms with Crippen LogP contribution in [-0.4, -0.2) is 23.3 Å².